The molecule has 0 fully saturated rings. The molecule has 0 aliphatic rings. The van der Waals surface area contributed by atoms with Crippen LogP contribution >= 0.6 is 31.9 Å². The molecule has 108 valence electrons. The Morgan fingerprint density at radius 3 is 2.38 bits per heavy atom. The maximum Gasteiger partial charge on any atom is 0.335 e. The molecule has 2 aromatic rings. The molecule has 2 N–H and O–H groups in total. The van der Waals surface area contributed by atoms with Crippen LogP contribution in [0.1, 0.15) is 26.3 Å². The maximum absolute atomic E-state index is 12.2. The third-order valence-corrected chi connectivity index (χ3v) is 4.05. The lowest BCUT2D eigenvalue weighted by molar-refractivity contribution is 0.0696. The van der Waals surface area contributed by atoms with E-state index in [9.17, 15) is 9.59 Å². The highest BCUT2D eigenvalue weighted by atomic mass is 79.9. The highest BCUT2D eigenvalue weighted by Crippen LogP contribution is 2.24. The molecule has 0 aliphatic carbocycles. The number of hydrogen-bond acceptors (Lipinski definition) is 2. The molecule has 0 spiro atoms. The largest absolute Gasteiger partial charge is 0.478 e. The van der Waals surface area contributed by atoms with Crippen LogP contribution in [-0.4, -0.2) is 17.0 Å². The number of carboxylic acids is 1. The summed E-state index contributed by atoms with van der Waals surface area (Å²) in [5.41, 5.74) is 1.96. The lowest BCUT2D eigenvalue weighted by Crippen LogP contribution is -2.13. The molecule has 4 nitrogen and oxygen atoms in total. The van der Waals surface area contributed by atoms with Crippen LogP contribution in [-0.2, 0) is 0 Å². The number of aromatic carboxylic acids is 1. The van der Waals surface area contributed by atoms with Gasteiger partial charge in [-0.05, 0) is 64.8 Å². The van der Waals surface area contributed by atoms with Gasteiger partial charge in [-0.25, -0.2) is 4.79 Å². The van der Waals surface area contributed by atoms with Gasteiger partial charge in [0.1, 0.15) is 0 Å². The zero-order valence-corrected chi connectivity index (χ0v) is 14.2. The normalized spacial score (nSPS) is 10.2. The van der Waals surface area contributed by atoms with E-state index < -0.39 is 5.97 Å². The van der Waals surface area contributed by atoms with Crippen LogP contribution in [0.3, 0.4) is 0 Å². The summed E-state index contributed by atoms with van der Waals surface area (Å²) in [6.07, 6.45) is 0. The molecule has 0 saturated carbocycles. The Hall–Kier alpha value is -1.66. The average molecular weight is 413 g/mol. The first-order chi connectivity index (χ1) is 9.88. The van der Waals surface area contributed by atoms with E-state index in [1.807, 2.05) is 0 Å². The van der Waals surface area contributed by atoms with E-state index in [0.29, 0.717) is 21.3 Å². The van der Waals surface area contributed by atoms with E-state index in [0.717, 1.165) is 4.47 Å². The van der Waals surface area contributed by atoms with Gasteiger partial charge in [0.25, 0.3) is 5.91 Å². The first-order valence-electron chi connectivity index (χ1n) is 5.99. The fraction of sp³-hybridized carbons (Fsp3) is 0.0667. The Labute approximate surface area is 138 Å². The predicted molar refractivity (Wildman–Crippen MR) is 87.9 cm³/mol. The number of benzene rings is 2. The molecule has 0 radical (unpaired) electrons. The minimum atomic E-state index is -0.994. The lowest BCUT2D eigenvalue weighted by atomic mass is 10.1. The van der Waals surface area contributed by atoms with Crippen molar-refractivity contribution in [1.82, 2.24) is 0 Å². The Bertz CT molecular complexity index is 729. The molecule has 0 heterocycles. The number of nitrogens with one attached hydrogen (secondary N) is 1. The first-order valence-corrected chi connectivity index (χ1v) is 7.57. The van der Waals surface area contributed by atoms with Gasteiger partial charge in [0.15, 0.2) is 0 Å². The fourth-order valence-electron chi connectivity index (χ4n) is 1.80. The number of anilines is 1. The smallest absolute Gasteiger partial charge is 0.335 e. The summed E-state index contributed by atoms with van der Waals surface area (Å²) in [5.74, 6) is -1.26. The molecule has 0 aromatic heterocycles. The topological polar surface area (TPSA) is 66.4 Å². The van der Waals surface area contributed by atoms with Crippen molar-refractivity contribution in [2.75, 3.05) is 5.32 Å². The molecule has 2 aromatic carbocycles. The monoisotopic (exact) mass is 411 g/mol. The molecule has 2 rings (SSSR count). The second-order valence-electron chi connectivity index (χ2n) is 4.41. The lowest BCUT2D eigenvalue weighted by Gasteiger charge is -2.10. The first kappa shape index (κ1) is 15.7. The van der Waals surface area contributed by atoms with E-state index in [1.54, 1.807) is 31.2 Å². The van der Waals surface area contributed by atoms with Crippen LogP contribution in [0, 0.1) is 6.92 Å². The Balaban J connectivity index is 2.25. The van der Waals surface area contributed by atoms with Crippen LogP contribution in [0.2, 0.25) is 0 Å². The maximum atomic E-state index is 12.2. The van der Waals surface area contributed by atoms with Crippen molar-refractivity contribution < 1.29 is 14.7 Å². The van der Waals surface area contributed by atoms with E-state index in [-0.39, 0.29) is 11.5 Å². The van der Waals surface area contributed by atoms with Crippen molar-refractivity contribution in [3.05, 3.63) is 62.0 Å². The molecule has 1 amide bonds. The number of halogens is 2. The van der Waals surface area contributed by atoms with Gasteiger partial charge in [0.05, 0.1) is 11.1 Å². The number of carboxylic acid groups (broad SMARTS) is 1. The van der Waals surface area contributed by atoms with Crippen molar-refractivity contribution in [2.45, 2.75) is 6.92 Å². The van der Waals surface area contributed by atoms with Gasteiger partial charge in [0.2, 0.25) is 0 Å². The summed E-state index contributed by atoms with van der Waals surface area (Å²) in [7, 11) is 0. The quantitative estimate of drug-likeness (QED) is 0.781. The van der Waals surface area contributed by atoms with Gasteiger partial charge in [-0.15, -0.1) is 0 Å². The van der Waals surface area contributed by atoms with Gasteiger partial charge < -0.3 is 10.4 Å². The van der Waals surface area contributed by atoms with E-state index in [4.69, 9.17) is 5.11 Å². The highest BCUT2D eigenvalue weighted by Gasteiger charge is 2.12. The summed E-state index contributed by atoms with van der Waals surface area (Å²) in [5, 5.41) is 11.7. The predicted octanol–water partition coefficient (Wildman–Crippen LogP) is 4.47. The van der Waals surface area contributed by atoms with Crippen molar-refractivity contribution in [2.24, 2.45) is 0 Å². The number of rotatable bonds is 3. The Morgan fingerprint density at radius 2 is 1.81 bits per heavy atom. The summed E-state index contributed by atoms with van der Waals surface area (Å²) in [6, 6.07) is 9.83. The second-order valence-corrected chi connectivity index (χ2v) is 6.18. The Morgan fingerprint density at radius 1 is 1.10 bits per heavy atom. The molecule has 0 unspecified atom stereocenters. The molecule has 21 heavy (non-hydrogen) atoms. The second kappa shape index (κ2) is 6.41. The molecule has 0 bridgehead atoms. The third kappa shape index (κ3) is 3.71. The number of amides is 1. The number of aryl methyl sites for hydroxylation is 1. The van der Waals surface area contributed by atoms with E-state index in [1.165, 1.54) is 12.1 Å². The molecule has 0 atom stereocenters. The van der Waals surface area contributed by atoms with Gasteiger partial charge >= 0.3 is 5.97 Å². The van der Waals surface area contributed by atoms with Crippen LogP contribution in [0.5, 0.6) is 0 Å². The van der Waals surface area contributed by atoms with Crippen molar-refractivity contribution in [3.8, 4) is 0 Å². The molecular weight excluding hydrogens is 402 g/mol. The van der Waals surface area contributed by atoms with Crippen molar-refractivity contribution in [3.63, 3.8) is 0 Å². The van der Waals surface area contributed by atoms with E-state index >= 15 is 0 Å². The zero-order valence-electron chi connectivity index (χ0n) is 11.0. The van der Waals surface area contributed by atoms with Gasteiger partial charge in [-0.3, -0.25) is 4.79 Å². The SMILES string of the molecule is Cc1cc(C(=O)O)ccc1NC(=O)c1ccc(Br)cc1Br. The highest BCUT2D eigenvalue weighted by molar-refractivity contribution is 9.11. The fourth-order valence-corrected chi connectivity index (χ4v) is 3.03. The summed E-state index contributed by atoms with van der Waals surface area (Å²) < 4.78 is 1.54. The van der Waals surface area contributed by atoms with E-state index in [2.05, 4.69) is 37.2 Å². The minimum Gasteiger partial charge on any atom is -0.478 e. The molecular formula is C15H11Br2NO3. The van der Waals surface area contributed by atoms with Crippen LogP contribution in [0.25, 0.3) is 0 Å². The van der Waals surface area contributed by atoms with Gasteiger partial charge in [-0.2, -0.15) is 0 Å². The molecule has 6 heteroatoms. The average Bonchev–Trinajstić information content (AvgIpc) is 2.40. The van der Waals surface area contributed by atoms with Gasteiger partial charge in [-0.1, -0.05) is 15.9 Å². The summed E-state index contributed by atoms with van der Waals surface area (Å²) in [4.78, 5) is 23.1. The number of hydrogen-bond donors (Lipinski definition) is 2. The standard InChI is InChI=1S/C15H11Br2NO3/c1-8-6-9(15(20)21)2-5-13(8)18-14(19)11-4-3-10(16)7-12(11)17/h2-7H,1H3,(H,18,19)(H,20,21). The van der Waals surface area contributed by atoms with Crippen LogP contribution in [0.4, 0.5) is 5.69 Å². The third-order valence-electron chi connectivity index (χ3n) is 2.90. The molecule has 0 saturated heterocycles. The van der Waals surface area contributed by atoms with Gasteiger partial charge in [0, 0.05) is 14.6 Å². The van der Waals surface area contributed by atoms with Crippen molar-refractivity contribution in [1.29, 1.82) is 0 Å². The van der Waals surface area contributed by atoms with Crippen LogP contribution in [0.15, 0.2) is 45.3 Å². The minimum absolute atomic E-state index is 0.190. The van der Waals surface area contributed by atoms with Crippen LogP contribution < -0.4 is 5.32 Å². The summed E-state index contributed by atoms with van der Waals surface area (Å²) >= 11 is 6.67. The molecule has 0 aliphatic heterocycles. The zero-order chi connectivity index (χ0) is 15.6. The summed E-state index contributed by atoms with van der Waals surface area (Å²) in [6.45, 7) is 1.75. The number of carbonyl (C=O) groups excluding carboxylic acids is 1. The number of carbonyl (C=O) groups is 2. The van der Waals surface area contributed by atoms with Crippen molar-refractivity contribution >= 4 is 49.4 Å². The Kier molecular flexibility index (Phi) is 4.80.